The van der Waals surface area contributed by atoms with Crippen LogP contribution in [0.1, 0.15) is 97.4 Å². The number of phenolic OH excluding ortho intramolecular Hbond substituents is 2. The summed E-state index contributed by atoms with van der Waals surface area (Å²) in [6.45, 7) is 9.25. The standard InChI is InChI=1S/C46H54N4O10/c1-8-23(2)57-36-19-35(54-6)27-17-30-32(21-47)50-31(40(49(30)5)39(27)41(36)51)18-28-38(42(52)44-29(43(28)55-7)20-46(3,4)60-44)33(50)22-48-45(53)37-16-24-15-26(9-10-34(24)59-37)58-25-11-13-56-14-12-25/h9-10,15-16,19,23,25,30-33,40,51-52H,8,11-14,17-18,20,22H2,1-7H3,(H,48,53)/t23?,30?,31?,32-,33?,40-/m0/s1. The van der Waals surface area contributed by atoms with Crippen molar-refractivity contribution in [2.24, 2.45) is 0 Å². The number of nitriles is 1. The molecule has 2 fully saturated rings. The number of furan rings is 1. The number of carbonyl (C=O) groups excluding carboxylic acids is 1. The Hall–Kier alpha value is -5.36. The minimum atomic E-state index is -0.716. The molecule has 0 radical (unpaired) electrons. The number of methoxy groups -OCH3 is 2. The number of hydrogen-bond acceptors (Lipinski definition) is 13. The molecule has 5 aliphatic rings. The summed E-state index contributed by atoms with van der Waals surface area (Å²) in [4.78, 5) is 18.4. The second-order valence-corrected chi connectivity index (χ2v) is 17.4. The fourth-order valence-electron chi connectivity index (χ4n) is 10.4. The highest BCUT2D eigenvalue weighted by molar-refractivity contribution is 5.96. The van der Waals surface area contributed by atoms with E-state index in [1.165, 1.54) is 0 Å². The van der Waals surface area contributed by atoms with Crippen LogP contribution in [0.5, 0.6) is 40.2 Å². The third kappa shape index (κ3) is 6.53. The molecule has 3 N–H and O–H groups in total. The molecule has 4 aromatic rings. The van der Waals surface area contributed by atoms with Gasteiger partial charge in [0.25, 0.3) is 5.91 Å². The molecule has 2 bridgehead atoms. The number of phenols is 2. The highest BCUT2D eigenvalue weighted by Crippen LogP contribution is 2.60. The van der Waals surface area contributed by atoms with Crippen molar-refractivity contribution in [3.8, 4) is 46.3 Å². The third-order valence-corrected chi connectivity index (χ3v) is 13.3. The minimum Gasteiger partial charge on any atom is -0.504 e. The van der Waals surface area contributed by atoms with Crippen molar-refractivity contribution in [3.05, 3.63) is 63.9 Å². The summed E-state index contributed by atoms with van der Waals surface area (Å²) < 4.78 is 42.6. The lowest BCUT2D eigenvalue weighted by Crippen LogP contribution is -2.68. The molecule has 318 valence electrons. The van der Waals surface area contributed by atoms with Gasteiger partial charge in [0.05, 0.1) is 51.7 Å². The lowest BCUT2D eigenvalue weighted by atomic mass is 9.71. The first-order valence-electron chi connectivity index (χ1n) is 21.0. The van der Waals surface area contributed by atoms with Crippen molar-refractivity contribution in [2.75, 3.05) is 41.0 Å². The number of aromatic hydroxyl groups is 2. The molecular weight excluding hydrogens is 769 g/mol. The Balaban J connectivity index is 1.13. The fraction of sp³-hybridized carbons (Fsp3) is 0.522. The van der Waals surface area contributed by atoms with Gasteiger partial charge < -0.3 is 48.4 Å². The number of amides is 1. The van der Waals surface area contributed by atoms with E-state index in [2.05, 4.69) is 21.2 Å². The van der Waals surface area contributed by atoms with Crippen LogP contribution in [0.2, 0.25) is 0 Å². The number of likely N-dealkylation sites (N-methyl/N-ethyl adjacent to an activating group) is 1. The number of nitrogens with one attached hydrogen (secondary N) is 1. The average molecular weight is 823 g/mol. The number of fused-ring (bicyclic) bond motifs is 9. The molecule has 0 saturated carbocycles. The molecule has 3 aromatic carbocycles. The van der Waals surface area contributed by atoms with Crippen LogP contribution in [-0.4, -0.2) is 103 Å². The van der Waals surface area contributed by atoms with Gasteiger partial charge in [-0.05, 0) is 71.3 Å². The van der Waals surface area contributed by atoms with E-state index in [4.69, 9.17) is 32.8 Å². The summed E-state index contributed by atoms with van der Waals surface area (Å²) in [5, 5.41) is 39.4. The topological polar surface area (TPSA) is 168 Å². The maximum atomic E-state index is 14.1. The van der Waals surface area contributed by atoms with Crippen LogP contribution in [0.4, 0.5) is 0 Å². The Morgan fingerprint density at radius 2 is 1.78 bits per heavy atom. The SMILES string of the molecule is CCC(C)Oc1cc(OC)c2c(c1O)[C@@H]1C3Cc4c(OC)c5c(c(O)c4C(CNC(=O)c4cc6cc(OC7CCOCC7)ccc6o4)N3[C@@H](C#N)C(C2)N1C)OC(C)(C)C5. The summed E-state index contributed by atoms with van der Waals surface area (Å²) in [6, 6.07) is 8.98. The predicted molar refractivity (Wildman–Crippen MR) is 221 cm³/mol. The lowest BCUT2D eigenvalue weighted by molar-refractivity contribution is -0.0725. The third-order valence-electron chi connectivity index (χ3n) is 13.3. The summed E-state index contributed by atoms with van der Waals surface area (Å²) in [7, 11) is 5.22. The minimum absolute atomic E-state index is 0.0110. The molecule has 14 heteroatoms. The van der Waals surface area contributed by atoms with Crippen molar-refractivity contribution in [1.82, 2.24) is 15.1 Å². The molecule has 0 spiro atoms. The van der Waals surface area contributed by atoms with Crippen LogP contribution >= 0.6 is 0 Å². The summed E-state index contributed by atoms with van der Waals surface area (Å²) in [5.74, 6) is 2.27. The Labute approximate surface area is 349 Å². The Morgan fingerprint density at radius 3 is 2.50 bits per heavy atom. The average Bonchev–Trinajstić information content (AvgIpc) is 3.81. The van der Waals surface area contributed by atoms with E-state index >= 15 is 0 Å². The number of carbonyl (C=O) groups is 1. The van der Waals surface area contributed by atoms with Crippen molar-refractivity contribution in [1.29, 1.82) is 5.26 Å². The van der Waals surface area contributed by atoms with Gasteiger partial charge >= 0.3 is 0 Å². The van der Waals surface area contributed by atoms with Gasteiger partial charge in [0.2, 0.25) is 0 Å². The molecule has 6 atom stereocenters. The first kappa shape index (κ1) is 40.1. The second kappa shape index (κ2) is 15.3. The molecule has 9 rings (SSSR count). The molecular formula is C46H54N4O10. The van der Waals surface area contributed by atoms with Crippen LogP contribution in [-0.2, 0) is 24.0 Å². The van der Waals surface area contributed by atoms with Crippen LogP contribution in [0.15, 0.2) is 34.7 Å². The normalized spacial score (nSPS) is 24.9. The van der Waals surface area contributed by atoms with Crippen LogP contribution in [0, 0.1) is 11.3 Å². The summed E-state index contributed by atoms with van der Waals surface area (Å²) in [6.07, 6.45) is 3.55. The lowest BCUT2D eigenvalue weighted by Gasteiger charge is -2.60. The maximum absolute atomic E-state index is 14.1. The monoisotopic (exact) mass is 822 g/mol. The Bertz CT molecular complexity index is 2380. The fourth-order valence-corrected chi connectivity index (χ4v) is 10.4. The predicted octanol–water partition coefficient (Wildman–Crippen LogP) is 6.51. The number of ether oxygens (including phenoxy) is 6. The number of piperazine rings is 1. The number of nitrogens with zero attached hydrogens (tertiary/aromatic N) is 3. The molecule has 14 nitrogen and oxygen atoms in total. The van der Waals surface area contributed by atoms with E-state index in [0.29, 0.717) is 77.9 Å². The van der Waals surface area contributed by atoms with Crippen LogP contribution < -0.4 is 29.0 Å². The first-order chi connectivity index (χ1) is 28.9. The van der Waals surface area contributed by atoms with E-state index in [0.717, 1.165) is 41.3 Å². The molecule has 60 heavy (non-hydrogen) atoms. The summed E-state index contributed by atoms with van der Waals surface area (Å²) >= 11 is 0. The Kier molecular flexibility index (Phi) is 10.2. The van der Waals surface area contributed by atoms with Gasteiger partial charge in [-0.15, -0.1) is 0 Å². The van der Waals surface area contributed by atoms with Crippen molar-refractivity contribution < 1.29 is 47.8 Å². The zero-order chi connectivity index (χ0) is 42.2. The van der Waals surface area contributed by atoms with E-state index < -0.39 is 35.7 Å². The largest absolute Gasteiger partial charge is 0.504 e. The molecule has 1 amide bonds. The number of hydrogen-bond donors (Lipinski definition) is 3. The van der Waals surface area contributed by atoms with Gasteiger partial charge in [0.15, 0.2) is 28.8 Å². The first-order valence-corrected chi connectivity index (χ1v) is 21.0. The quantitative estimate of drug-likeness (QED) is 0.159. The van der Waals surface area contributed by atoms with E-state index in [9.17, 15) is 20.3 Å². The molecule has 5 aliphatic heterocycles. The molecule has 2 saturated heterocycles. The zero-order valence-corrected chi connectivity index (χ0v) is 35.3. The van der Waals surface area contributed by atoms with Crippen LogP contribution in [0.3, 0.4) is 0 Å². The van der Waals surface area contributed by atoms with Crippen LogP contribution in [0.25, 0.3) is 11.0 Å². The second-order valence-electron chi connectivity index (χ2n) is 17.4. The van der Waals surface area contributed by atoms with E-state index in [1.54, 1.807) is 32.4 Å². The van der Waals surface area contributed by atoms with Gasteiger partial charge in [0, 0.05) is 77.2 Å². The van der Waals surface area contributed by atoms with Gasteiger partial charge in [-0.2, -0.15) is 5.26 Å². The Morgan fingerprint density at radius 1 is 1.02 bits per heavy atom. The van der Waals surface area contributed by atoms with E-state index in [-0.39, 0.29) is 42.1 Å². The molecule has 4 unspecified atom stereocenters. The van der Waals surface area contributed by atoms with Gasteiger partial charge in [0.1, 0.15) is 40.6 Å². The highest BCUT2D eigenvalue weighted by atomic mass is 16.5. The number of benzene rings is 3. The highest BCUT2D eigenvalue weighted by Gasteiger charge is 2.57. The molecule has 1 aromatic heterocycles. The van der Waals surface area contributed by atoms with Crippen molar-refractivity contribution in [3.63, 3.8) is 0 Å². The van der Waals surface area contributed by atoms with Crippen molar-refractivity contribution in [2.45, 2.75) is 114 Å². The summed E-state index contributed by atoms with van der Waals surface area (Å²) in [5.41, 5.74) is 3.53. The van der Waals surface area contributed by atoms with Gasteiger partial charge in [-0.1, -0.05) is 6.92 Å². The smallest absolute Gasteiger partial charge is 0.287 e. The number of rotatable bonds is 10. The van der Waals surface area contributed by atoms with Gasteiger partial charge in [-0.25, -0.2) is 0 Å². The molecule has 6 heterocycles. The van der Waals surface area contributed by atoms with Crippen molar-refractivity contribution >= 4 is 16.9 Å². The van der Waals surface area contributed by atoms with E-state index in [1.807, 2.05) is 46.9 Å². The maximum Gasteiger partial charge on any atom is 0.287 e. The van der Waals surface area contributed by atoms with Gasteiger partial charge in [-0.3, -0.25) is 14.6 Å². The molecule has 0 aliphatic carbocycles. The zero-order valence-electron chi connectivity index (χ0n) is 35.3.